The van der Waals surface area contributed by atoms with E-state index in [4.69, 9.17) is 0 Å². The number of aryl methyl sites for hydroxylation is 1. The maximum Gasteiger partial charge on any atom is -0.0150 e. The van der Waals surface area contributed by atoms with Crippen molar-refractivity contribution in [3.8, 4) is 0 Å². The van der Waals surface area contributed by atoms with Crippen molar-refractivity contribution >= 4 is 5.57 Å². The summed E-state index contributed by atoms with van der Waals surface area (Å²) in [6.07, 6.45) is 10.2. The van der Waals surface area contributed by atoms with Crippen LogP contribution < -0.4 is 0 Å². The first kappa shape index (κ1) is 15.2. The monoisotopic (exact) mass is 252 g/mol. The first-order chi connectivity index (χ1) is 9.11. The number of hydrogen-bond donors (Lipinski definition) is 0. The van der Waals surface area contributed by atoms with Gasteiger partial charge in [0.2, 0.25) is 0 Å². The Hall–Kier alpha value is -1.82. The van der Waals surface area contributed by atoms with Gasteiger partial charge in [0.1, 0.15) is 0 Å². The van der Waals surface area contributed by atoms with Gasteiger partial charge in [-0.2, -0.15) is 0 Å². The zero-order valence-electron chi connectivity index (χ0n) is 12.5. The average Bonchev–Trinajstić information content (AvgIpc) is 2.38. The van der Waals surface area contributed by atoms with Crippen LogP contribution >= 0.6 is 0 Å². The van der Waals surface area contributed by atoms with Crippen molar-refractivity contribution < 1.29 is 0 Å². The van der Waals surface area contributed by atoms with Gasteiger partial charge in [0.15, 0.2) is 0 Å². The molecule has 0 unspecified atom stereocenters. The third-order valence-electron chi connectivity index (χ3n) is 3.19. The SMILES string of the molecule is C=C/C=C/C=C(\C(=C/C)C(C)C)c1ccccc1C. The van der Waals surface area contributed by atoms with Gasteiger partial charge in [-0.25, -0.2) is 0 Å². The summed E-state index contributed by atoms with van der Waals surface area (Å²) in [5, 5.41) is 0. The van der Waals surface area contributed by atoms with Crippen LogP contribution in [0.4, 0.5) is 0 Å². The minimum absolute atomic E-state index is 0.507. The Morgan fingerprint density at radius 2 is 1.84 bits per heavy atom. The van der Waals surface area contributed by atoms with Crippen LogP contribution in [0.15, 0.2) is 66.8 Å². The second-order valence-electron chi connectivity index (χ2n) is 4.91. The van der Waals surface area contributed by atoms with E-state index in [1.54, 1.807) is 6.08 Å². The molecular weight excluding hydrogens is 228 g/mol. The summed E-state index contributed by atoms with van der Waals surface area (Å²) in [5.74, 6) is 0.507. The molecule has 100 valence electrons. The molecule has 0 amide bonds. The number of hydrogen-bond acceptors (Lipinski definition) is 0. The van der Waals surface area contributed by atoms with Crippen molar-refractivity contribution in [2.24, 2.45) is 5.92 Å². The van der Waals surface area contributed by atoms with Crippen LogP contribution in [0.5, 0.6) is 0 Å². The van der Waals surface area contributed by atoms with E-state index in [1.165, 1.54) is 22.3 Å². The average molecular weight is 252 g/mol. The van der Waals surface area contributed by atoms with Crippen molar-refractivity contribution in [1.82, 2.24) is 0 Å². The largest absolute Gasteiger partial charge is 0.0991 e. The van der Waals surface area contributed by atoms with Crippen molar-refractivity contribution in [1.29, 1.82) is 0 Å². The van der Waals surface area contributed by atoms with E-state index in [2.05, 4.69) is 76.8 Å². The maximum atomic E-state index is 3.72. The highest BCUT2D eigenvalue weighted by Gasteiger charge is 2.11. The van der Waals surface area contributed by atoms with E-state index in [0.29, 0.717) is 5.92 Å². The summed E-state index contributed by atoms with van der Waals surface area (Å²) in [6.45, 7) is 12.5. The lowest BCUT2D eigenvalue weighted by molar-refractivity contribution is 0.794. The van der Waals surface area contributed by atoms with Crippen LogP contribution in [0.25, 0.3) is 5.57 Å². The number of benzene rings is 1. The van der Waals surface area contributed by atoms with Crippen molar-refractivity contribution in [2.45, 2.75) is 27.7 Å². The van der Waals surface area contributed by atoms with Gasteiger partial charge in [-0.3, -0.25) is 0 Å². The summed E-state index contributed by atoms with van der Waals surface area (Å²) in [4.78, 5) is 0. The molecule has 1 aromatic carbocycles. The molecule has 0 spiro atoms. The number of rotatable bonds is 5. The molecule has 0 nitrogen and oxygen atoms in total. The van der Waals surface area contributed by atoms with E-state index >= 15 is 0 Å². The van der Waals surface area contributed by atoms with Crippen LogP contribution in [-0.4, -0.2) is 0 Å². The Labute approximate surface area is 117 Å². The van der Waals surface area contributed by atoms with Gasteiger partial charge >= 0.3 is 0 Å². The van der Waals surface area contributed by atoms with E-state index in [1.807, 2.05) is 6.08 Å². The van der Waals surface area contributed by atoms with Crippen molar-refractivity contribution in [2.75, 3.05) is 0 Å². The van der Waals surface area contributed by atoms with Crippen molar-refractivity contribution in [3.63, 3.8) is 0 Å². The highest BCUT2D eigenvalue weighted by atomic mass is 14.2. The van der Waals surface area contributed by atoms with Crippen LogP contribution in [0.2, 0.25) is 0 Å². The molecule has 0 atom stereocenters. The highest BCUT2D eigenvalue weighted by molar-refractivity contribution is 5.81. The Bertz CT molecular complexity index is 511. The molecular formula is C19H24. The molecule has 0 aromatic heterocycles. The van der Waals surface area contributed by atoms with Crippen LogP contribution in [0, 0.1) is 12.8 Å². The topological polar surface area (TPSA) is 0 Å². The van der Waals surface area contributed by atoms with Gasteiger partial charge in [-0.05, 0) is 42.0 Å². The first-order valence-electron chi connectivity index (χ1n) is 6.83. The normalized spacial score (nSPS) is 13.3. The molecule has 0 heterocycles. The van der Waals surface area contributed by atoms with Gasteiger partial charge in [-0.1, -0.05) is 75.1 Å². The molecule has 1 aromatic rings. The molecule has 0 saturated carbocycles. The molecule has 0 N–H and O–H groups in total. The van der Waals surface area contributed by atoms with E-state index in [0.717, 1.165) is 0 Å². The summed E-state index contributed by atoms with van der Waals surface area (Å²) in [6, 6.07) is 8.53. The predicted molar refractivity (Wildman–Crippen MR) is 87.1 cm³/mol. The molecule has 19 heavy (non-hydrogen) atoms. The van der Waals surface area contributed by atoms with E-state index in [-0.39, 0.29) is 0 Å². The molecule has 0 aliphatic heterocycles. The summed E-state index contributed by atoms with van der Waals surface area (Å²) in [5.41, 5.74) is 5.29. The highest BCUT2D eigenvalue weighted by Crippen LogP contribution is 2.30. The Kier molecular flexibility index (Phi) is 6.08. The van der Waals surface area contributed by atoms with Gasteiger partial charge < -0.3 is 0 Å². The minimum Gasteiger partial charge on any atom is -0.0991 e. The Morgan fingerprint density at radius 1 is 1.16 bits per heavy atom. The van der Waals surface area contributed by atoms with Gasteiger partial charge in [0.25, 0.3) is 0 Å². The summed E-state index contributed by atoms with van der Waals surface area (Å²) >= 11 is 0. The van der Waals surface area contributed by atoms with E-state index < -0.39 is 0 Å². The molecule has 0 bridgehead atoms. The lowest BCUT2D eigenvalue weighted by Gasteiger charge is -2.17. The molecule has 1 rings (SSSR count). The minimum atomic E-state index is 0.507. The fourth-order valence-electron chi connectivity index (χ4n) is 2.25. The molecule has 0 fully saturated rings. The third-order valence-corrected chi connectivity index (χ3v) is 3.19. The van der Waals surface area contributed by atoms with E-state index in [9.17, 15) is 0 Å². The predicted octanol–water partition coefficient (Wildman–Crippen LogP) is 5.72. The van der Waals surface area contributed by atoms with Gasteiger partial charge in [0, 0.05) is 0 Å². The lowest BCUT2D eigenvalue weighted by atomic mass is 9.87. The standard InChI is InChI=1S/C19H24/c1-6-8-9-14-19(17(7-2)15(3)4)18-13-11-10-12-16(18)5/h6-15H,1H2,2-5H3/b9-8+,17-7-,19-14+. The van der Waals surface area contributed by atoms with Crippen LogP contribution in [-0.2, 0) is 0 Å². The van der Waals surface area contributed by atoms with Crippen molar-refractivity contribution in [3.05, 3.63) is 77.9 Å². The quantitative estimate of drug-likeness (QED) is 0.588. The molecule has 0 heteroatoms. The summed E-state index contributed by atoms with van der Waals surface area (Å²) < 4.78 is 0. The second kappa shape index (κ2) is 7.58. The van der Waals surface area contributed by atoms with Crippen LogP contribution in [0.1, 0.15) is 31.9 Å². The molecule has 0 saturated heterocycles. The molecule has 0 aliphatic rings. The smallest absolute Gasteiger partial charge is 0.0150 e. The van der Waals surface area contributed by atoms with Gasteiger partial charge in [-0.15, -0.1) is 0 Å². The molecule has 0 radical (unpaired) electrons. The fraction of sp³-hybridized carbons (Fsp3) is 0.263. The lowest BCUT2D eigenvalue weighted by Crippen LogP contribution is -1.99. The number of allylic oxidation sites excluding steroid dienone is 7. The maximum absolute atomic E-state index is 3.72. The second-order valence-corrected chi connectivity index (χ2v) is 4.91. The Morgan fingerprint density at radius 3 is 2.37 bits per heavy atom. The summed E-state index contributed by atoms with van der Waals surface area (Å²) in [7, 11) is 0. The molecule has 0 aliphatic carbocycles. The third kappa shape index (κ3) is 4.10. The Balaban J connectivity index is 3.36. The van der Waals surface area contributed by atoms with Crippen LogP contribution in [0.3, 0.4) is 0 Å². The van der Waals surface area contributed by atoms with Gasteiger partial charge in [0.05, 0.1) is 0 Å². The zero-order chi connectivity index (χ0) is 14.3. The fourth-order valence-corrected chi connectivity index (χ4v) is 2.25. The first-order valence-corrected chi connectivity index (χ1v) is 6.83. The zero-order valence-corrected chi connectivity index (χ0v) is 12.5.